The average Bonchev–Trinajstić information content (AvgIpc) is 3.16. The van der Waals surface area contributed by atoms with Crippen molar-refractivity contribution in [2.45, 2.75) is 6.42 Å². The number of piperazine rings is 1. The van der Waals surface area contributed by atoms with Gasteiger partial charge in [-0.15, -0.1) is 0 Å². The highest BCUT2D eigenvalue weighted by atomic mass is 16.3. The van der Waals surface area contributed by atoms with Gasteiger partial charge in [0.2, 0.25) is 11.8 Å². The molecule has 130 valence electrons. The molecule has 7 nitrogen and oxygen atoms in total. The van der Waals surface area contributed by atoms with Gasteiger partial charge in [0.25, 0.3) is 5.91 Å². The van der Waals surface area contributed by atoms with Gasteiger partial charge in [0.05, 0.1) is 6.26 Å². The maximum atomic E-state index is 12.2. The van der Waals surface area contributed by atoms with Crippen molar-refractivity contribution in [3.63, 3.8) is 0 Å². The predicted octanol–water partition coefficient (Wildman–Crippen LogP) is 1.59. The Labute approximate surface area is 145 Å². The van der Waals surface area contributed by atoms with Gasteiger partial charge in [0.1, 0.15) is 6.42 Å². The first-order valence-electron chi connectivity index (χ1n) is 8.09. The number of hydrogen-bond acceptors (Lipinski definition) is 4. The van der Waals surface area contributed by atoms with E-state index < -0.39 is 0 Å². The molecule has 0 atom stereocenters. The minimum Gasteiger partial charge on any atom is -0.459 e. The number of rotatable bonds is 4. The van der Waals surface area contributed by atoms with Gasteiger partial charge in [-0.2, -0.15) is 0 Å². The molecule has 3 rings (SSSR count). The summed E-state index contributed by atoms with van der Waals surface area (Å²) < 4.78 is 5.11. The van der Waals surface area contributed by atoms with E-state index in [0.29, 0.717) is 37.6 Å². The van der Waals surface area contributed by atoms with Gasteiger partial charge >= 0.3 is 0 Å². The lowest BCUT2D eigenvalue weighted by molar-refractivity contribution is -0.135. The van der Waals surface area contributed by atoms with Gasteiger partial charge in [-0.1, -0.05) is 18.2 Å². The Morgan fingerprint density at radius 1 is 0.920 bits per heavy atom. The third kappa shape index (κ3) is 4.26. The number of hydrogen-bond donors (Lipinski definition) is 1. The van der Waals surface area contributed by atoms with E-state index in [9.17, 15) is 14.4 Å². The fraction of sp³-hybridized carbons (Fsp3) is 0.278. The number of nitrogens with one attached hydrogen (secondary N) is 1. The van der Waals surface area contributed by atoms with Crippen LogP contribution < -0.4 is 5.32 Å². The highest BCUT2D eigenvalue weighted by Gasteiger charge is 2.26. The summed E-state index contributed by atoms with van der Waals surface area (Å²) in [4.78, 5) is 39.6. The molecule has 1 aromatic heterocycles. The van der Waals surface area contributed by atoms with Gasteiger partial charge < -0.3 is 19.5 Å². The number of nitrogens with zero attached hydrogens (tertiary/aromatic N) is 2. The molecule has 0 unspecified atom stereocenters. The molecule has 1 aromatic carbocycles. The van der Waals surface area contributed by atoms with Crippen LogP contribution in [-0.4, -0.2) is 53.7 Å². The third-order valence-corrected chi connectivity index (χ3v) is 4.02. The van der Waals surface area contributed by atoms with Crippen LogP contribution in [0.25, 0.3) is 0 Å². The first-order chi connectivity index (χ1) is 12.1. The molecule has 1 fully saturated rings. The van der Waals surface area contributed by atoms with Gasteiger partial charge in [-0.25, -0.2) is 0 Å². The lowest BCUT2D eigenvalue weighted by Gasteiger charge is -2.34. The minimum absolute atomic E-state index is 0.182. The number of para-hydroxylation sites is 1. The fourth-order valence-corrected chi connectivity index (χ4v) is 2.69. The van der Waals surface area contributed by atoms with Crippen molar-refractivity contribution in [1.82, 2.24) is 9.80 Å². The molecule has 2 heterocycles. The van der Waals surface area contributed by atoms with Crippen molar-refractivity contribution in [3.8, 4) is 0 Å². The normalized spacial score (nSPS) is 14.2. The molecular weight excluding hydrogens is 322 g/mol. The Kier molecular flexibility index (Phi) is 5.13. The lowest BCUT2D eigenvalue weighted by atomic mass is 10.2. The third-order valence-electron chi connectivity index (χ3n) is 4.02. The van der Waals surface area contributed by atoms with Gasteiger partial charge in [-0.3, -0.25) is 14.4 Å². The van der Waals surface area contributed by atoms with Crippen molar-refractivity contribution >= 4 is 23.4 Å². The molecule has 1 saturated heterocycles. The van der Waals surface area contributed by atoms with Crippen LogP contribution in [0.3, 0.4) is 0 Å². The average molecular weight is 341 g/mol. The SMILES string of the molecule is O=C(CC(=O)N1CCN(C(=O)c2ccco2)CC1)Nc1ccccc1. The zero-order chi connectivity index (χ0) is 17.6. The van der Waals surface area contributed by atoms with Crippen LogP contribution in [0.2, 0.25) is 0 Å². The van der Waals surface area contributed by atoms with Gasteiger partial charge in [-0.05, 0) is 24.3 Å². The quantitative estimate of drug-likeness (QED) is 0.856. The van der Waals surface area contributed by atoms with E-state index in [2.05, 4.69) is 5.32 Å². The molecule has 1 aliphatic rings. The van der Waals surface area contributed by atoms with Gasteiger partial charge in [0, 0.05) is 31.9 Å². The van der Waals surface area contributed by atoms with Crippen LogP contribution in [0.1, 0.15) is 17.0 Å². The van der Waals surface area contributed by atoms with Crippen LogP contribution in [0.15, 0.2) is 53.1 Å². The fourth-order valence-electron chi connectivity index (χ4n) is 2.69. The first kappa shape index (κ1) is 16.8. The Balaban J connectivity index is 1.46. The van der Waals surface area contributed by atoms with Crippen molar-refractivity contribution < 1.29 is 18.8 Å². The Morgan fingerprint density at radius 2 is 1.60 bits per heavy atom. The van der Waals surface area contributed by atoms with E-state index in [1.807, 2.05) is 18.2 Å². The highest BCUT2D eigenvalue weighted by molar-refractivity contribution is 6.03. The number of carbonyl (C=O) groups is 3. The molecule has 0 radical (unpaired) electrons. The summed E-state index contributed by atoms with van der Waals surface area (Å²) in [5.41, 5.74) is 0.661. The summed E-state index contributed by atoms with van der Waals surface area (Å²) in [5, 5.41) is 2.69. The molecule has 0 bridgehead atoms. The summed E-state index contributed by atoms with van der Waals surface area (Å²) in [7, 11) is 0. The van der Waals surface area contributed by atoms with E-state index in [1.54, 1.807) is 34.1 Å². The summed E-state index contributed by atoms with van der Waals surface area (Å²) in [6, 6.07) is 12.3. The molecule has 1 N–H and O–H groups in total. The summed E-state index contributed by atoms with van der Waals surface area (Å²) in [6.07, 6.45) is 1.25. The zero-order valence-corrected chi connectivity index (χ0v) is 13.7. The molecule has 2 aromatic rings. The molecule has 0 aliphatic carbocycles. The van der Waals surface area contributed by atoms with E-state index >= 15 is 0 Å². The molecule has 0 spiro atoms. The number of anilines is 1. The van der Waals surface area contributed by atoms with Gasteiger partial charge in [0.15, 0.2) is 5.76 Å². The predicted molar refractivity (Wildman–Crippen MR) is 90.9 cm³/mol. The van der Waals surface area contributed by atoms with Crippen LogP contribution in [-0.2, 0) is 9.59 Å². The zero-order valence-electron chi connectivity index (χ0n) is 13.7. The Morgan fingerprint density at radius 3 is 2.24 bits per heavy atom. The minimum atomic E-state index is -0.342. The topological polar surface area (TPSA) is 82.9 Å². The second kappa shape index (κ2) is 7.65. The second-order valence-electron chi connectivity index (χ2n) is 5.74. The number of carbonyl (C=O) groups excluding carboxylic acids is 3. The van der Waals surface area contributed by atoms with E-state index in [0.717, 1.165) is 0 Å². The Bertz CT molecular complexity index is 735. The highest BCUT2D eigenvalue weighted by Crippen LogP contribution is 2.11. The second-order valence-corrected chi connectivity index (χ2v) is 5.74. The van der Waals surface area contributed by atoms with Crippen LogP contribution in [0.5, 0.6) is 0 Å². The van der Waals surface area contributed by atoms with Crippen LogP contribution in [0, 0.1) is 0 Å². The van der Waals surface area contributed by atoms with Crippen molar-refractivity contribution in [2.24, 2.45) is 0 Å². The monoisotopic (exact) mass is 341 g/mol. The largest absolute Gasteiger partial charge is 0.459 e. The Hall–Kier alpha value is -3.09. The van der Waals surface area contributed by atoms with Crippen molar-refractivity contribution in [3.05, 3.63) is 54.5 Å². The number of furan rings is 1. The molecule has 1 aliphatic heterocycles. The molecular formula is C18H19N3O4. The molecule has 7 heteroatoms. The van der Waals surface area contributed by atoms with Crippen LogP contribution in [0.4, 0.5) is 5.69 Å². The summed E-state index contributed by atoms with van der Waals surface area (Å²) >= 11 is 0. The van der Waals surface area contributed by atoms with E-state index in [4.69, 9.17) is 4.42 Å². The molecule has 3 amide bonds. The maximum Gasteiger partial charge on any atom is 0.289 e. The van der Waals surface area contributed by atoms with Crippen molar-refractivity contribution in [2.75, 3.05) is 31.5 Å². The van der Waals surface area contributed by atoms with E-state index in [1.165, 1.54) is 6.26 Å². The van der Waals surface area contributed by atoms with E-state index in [-0.39, 0.29) is 24.1 Å². The number of amides is 3. The maximum absolute atomic E-state index is 12.2. The first-order valence-corrected chi connectivity index (χ1v) is 8.09. The van der Waals surface area contributed by atoms with Crippen LogP contribution >= 0.6 is 0 Å². The summed E-state index contributed by atoms with van der Waals surface area (Å²) in [5.74, 6) is -0.468. The molecule has 25 heavy (non-hydrogen) atoms. The smallest absolute Gasteiger partial charge is 0.289 e. The summed E-state index contributed by atoms with van der Waals surface area (Å²) in [6.45, 7) is 1.66. The van der Waals surface area contributed by atoms with Crippen molar-refractivity contribution in [1.29, 1.82) is 0 Å². The lowest BCUT2D eigenvalue weighted by Crippen LogP contribution is -2.51. The standard InChI is InChI=1S/C18H19N3O4/c22-16(19-14-5-2-1-3-6-14)13-17(23)20-8-10-21(11-9-20)18(24)15-7-4-12-25-15/h1-7,12H,8-11,13H2,(H,19,22). The number of benzene rings is 1. The molecule has 0 saturated carbocycles.